The Morgan fingerprint density at radius 3 is 1.68 bits per heavy atom. The largest absolute Gasteiger partial charge is 0.426 e. The fraction of sp³-hybridized carbons (Fsp3) is 0.105. The smallest absolute Gasteiger partial charge is 0.315 e. The van der Waals surface area contributed by atoms with Gasteiger partial charge in [0, 0.05) is 11.6 Å². The van der Waals surface area contributed by atoms with E-state index in [1.165, 1.54) is 30.4 Å². The van der Waals surface area contributed by atoms with Crippen molar-refractivity contribution in [3.8, 4) is 11.5 Å². The van der Waals surface area contributed by atoms with Gasteiger partial charge in [0.05, 0.1) is 12.8 Å². The molecule has 0 aliphatic rings. The molecule has 0 spiro atoms. The van der Waals surface area contributed by atoms with Gasteiger partial charge in [0.1, 0.15) is 11.5 Å². The number of carbonyl (C=O) groups is 3. The van der Waals surface area contributed by atoms with Gasteiger partial charge in [0.2, 0.25) is 0 Å². The van der Waals surface area contributed by atoms with E-state index in [1.807, 2.05) is 0 Å². The Morgan fingerprint density at radius 1 is 0.880 bits per heavy atom. The van der Waals surface area contributed by atoms with Crippen LogP contribution in [-0.4, -0.2) is 17.2 Å². The summed E-state index contributed by atoms with van der Waals surface area (Å²) >= 11 is 5.46. The van der Waals surface area contributed by atoms with Crippen molar-refractivity contribution in [1.82, 2.24) is 0 Å². The van der Waals surface area contributed by atoms with Gasteiger partial charge in [0.15, 0.2) is 0 Å². The van der Waals surface area contributed by atoms with Crippen LogP contribution in [0, 0.1) is 0 Å². The van der Waals surface area contributed by atoms with E-state index in [9.17, 15) is 14.4 Å². The van der Waals surface area contributed by atoms with E-state index in [1.54, 1.807) is 24.3 Å². The van der Waals surface area contributed by atoms with Crippen molar-refractivity contribution < 1.29 is 23.9 Å². The molecule has 1 aromatic carbocycles. The molecular formula is C19H17ClO5. The molecule has 0 aliphatic carbocycles. The SMILES string of the molecule is C=C/C=C/CC(=O)Oc1cc(OC(=O)C/C=C/C=C)cc(C(=O)Cl)c1. The second-order valence-corrected chi connectivity index (χ2v) is 4.99. The molecule has 5 nitrogen and oxygen atoms in total. The quantitative estimate of drug-likeness (QED) is 0.286. The Balaban J connectivity index is 2.91. The summed E-state index contributed by atoms with van der Waals surface area (Å²) in [5.74, 6) is -1.01. The number of ether oxygens (including phenoxy) is 2. The van der Waals surface area contributed by atoms with E-state index in [0.29, 0.717) is 0 Å². The van der Waals surface area contributed by atoms with E-state index in [0.717, 1.165) is 0 Å². The van der Waals surface area contributed by atoms with Gasteiger partial charge in [-0.15, -0.1) is 0 Å². The highest BCUT2D eigenvalue weighted by molar-refractivity contribution is 6.67. The third kappa shape index (κ3) is 7.94. The van der Waals surface area contributed by atoms with Crippen LogP contribution in [0.25, 0.3) is 0 Å². The van der Waals surface area contributed by atoms with E-state index in [4.69, 9.17) is 21.1 Å². The Morgan fingerprint density at radius 2 is 1.32 bits per heavy atom. The first kappa shape index (κ1) is 20.1. The average molecular weight is 361 g/mol. The van der Waals surface area contributed by atoms with Crippen LogP contribution in [0.4, 0.5) is 0 Å². The monoisotopic (exact) mass is 360 g/mol. The van der Waals surface area contributed by atoms with Gasteiger partial charge in [-0.3, -0.25) is 14.4 Å². The summed E-state index contributed by atoms with van der Waals surface area (Å²) in [7, 11) is 0. The minimum absolute atomic E-state index is 0.0204. The maximum Gasteiger partial charge on any atom is 0.315 e. The third-order valence-electron chi connectivity index (χ3n) is 2.68. The molecule has 0 radical (unpaired) electrons. The van der Waals surface area contributed by atoms with E-state index in [-0.39, 0.29) is 29.9 Å². The van der Waals surface area contributed by atoms with Crippen LogP contribution in [0.2, 0.25) is 0 Å². The topological polar surface area (TPSA) is 69.7 Å². The highest BCUT2D eigenvalue weighted by atomic mass is 35.5. The minimum Gasteiger partial charge on any atom is -0.426 e. The number of hydrogen-bond acceptors (Lipinski definition) is 5. The van der Waals surface area contributed by atoms with Gasteiger partial charge < -0.3 is 9.47 Å². The summed E-state index contributed by atoms with van der Waals surface area (Å²) in [4.78, 5) is 34.8. The van der Waals surface area contributed by atoms with Gasteiger partial charge in [-0.25, -0.2) is 0 Å². The molecule has 0 N–H and O–H groups in total. The van der Waals surface area contributed by atoms with Crippen LogP contribution in [0.3, 0.4) is 0 Å². The number of hydrogen-bond donors (Lipinski definition) is 0. The summed E-state index contributed by atoms with van der Waals surface area (Å²) in [6, 6.07) is 3.91. The summed E-state index contributed by atoms with van der Waals surface area (Å²) < 4.78 is 10.2. The van der Waals surface area contributed by atoms with Gasteiger partial charge in [0.25, 0.3) is 5.24 Å². The molecule has 25 heavy (non-hydrogen) atoms. The van der Waals surface area contributed by atoms with Crippen LogP contribution in [0.1, 0.15) is 23.2 Å². The summed E-state index contributed by atoms with van der Waals surface area (Å²) in [5.41, 5.74) is 0.0398. The zero-order valence-corrected chi connectivity index (χ0v) is 14.2. The van der Waals surface area contributed by atoms with Crippen molar-refractivity contribution in [2.24, 2.45) is 0 Å². The van der Waals surface area contributed by atoms with Crippen LogP contribution < -0.4 is 9.47 Å². The van der Waals surface area contributed by atoms with Crippen molar-refractivity contribution in [3.05, 3.63) is 73.4 Å². The van der Waals surface area contributed by atoms with Crippen molar-refractivity contribution in [2.75, 3.05) is 0 Å². The first-order chi connectivity index (χ1) is 12.0. The van der Waals surface area contributed by atoms with Crippen molar-refractivity contribution >= 4 is 28.8 Å². The van der Waals surface area contributed by atoms with Gasteiger partial charge in [-0.1, -0.05) is 49.6 Å². The molecule has 0 fully saturated rings. The number of rotatable bonds is 9. The van der Waals surface area contributed by atoms with Crippen LogP contribution >= 0.6 is 11.6 Å². The summed E-state index contributed by atoms with van der Waals surface area (Å²) in [6.45, 7) is 6.98. The standard InChI is InChI=1S/C19H17ClO5/c1-3-5-7-9-17(21)24-15-11-14(19(20)23)12-16(13-15)25-18(22)10-8-6-4-2/h3-8,11-13H,1-2,9-10H2/b7-5+,8-6+. The Bertz CT molecular complexity index is 679. The number of allylic oxidation sites excluding steroid dienone is 4. The normalized spacial score (nSPS) is 10.6. The molecule has 1 rings (SSSR count). The number of carbonyl (C=O) groups excluding carboxylic acids is 3. The molecule has 0 heterocycles. The highest BCUT2D eigenvalue weighted by Crippen LogP contribution is 2.25. The number of benzene rings is 1. The molecule has 0 saturated heterocycles. The molecule has 0 aromatic heterocycles. The lowest BCUT2D eigenvalue weighted by Crippen LogP contribution is -2.09. The second kappa shape index (κ2) is 10.8. The van der Waals surface area contributed by atoms with Crippen molar-refractivity contribution in [1.29, 1.82) is 0 Å². The zero-order chi connectivity index (χ0) is 18.7. The van der Waals surface area contributed by atoms with Gasteiger partial charge >= 0.3 is 11.9 Å². The van der Waals surface area contributed by atoms with E-state index in [2.05, 4.69) is 13.2 Å². The van der Waals surface area contributed by atoms with E-state index < -0.39 is 17.2 Å². The molecule has 0 atom stereocenters. The molecule has 0 amide bonds. The molecule has 1 aromatic rings. The lowest BCUT2D eigenvalue weighted by Gasteiger charge is -2.08. The first-order valence-electron chi connectivity index (χ1n) is 7.27. The fourth-order valence-corrected chi connectivity index (χ4v) is 1.78. The second-order valence-electron chi connectivity index (χ2n) is 4.65. The lowest BCUT2D eigenvalue weighted by molar-refractivity contribution is -0.133. The van der Waals surface area contributed by atoms with Gasteiger partial charge in [-0.2, -0.15) is 0 Å². The summed E-state index contributed by atoms with van der Waals surface area (Å²) in [5, 5.41) is -0.770. The molecule has 130 valence electrons. The van der Waals surface area contributed by atoms with Crippen molar-refractivity contribution in [3.63, 3.8) is 0 Å². The van der Waals surface area contributed by atoms with Crippen LogP contribution in [0.15, 0.2) is 67.8 Å². The molecule has 6 heteroatoms. The minimum atomic E-state index is -0.770. The van der Waals surface area contributed by atoms with E-state index >= 15 is 0 Å². The predicted octanol–water partition coefficient (Wildman–Crippen LogP) is 4.14. The molecule has 0 bridgehead atoms. The van der Waals surface area contributed by atoms with Crippen LogP contribution in [0.5, 0.6) is 11.5 Å². The average Bonchev–Trinajstić information content (AvgIpc) is 2.55. The maximum atomic E-state index is 11.7. The first-order valence-corrected chi connectivity index (χ1v) is 7.65. The molecular weight excluding hydrogens is 344 g/mol. The molecule has 0 saturated carbocycles. The Hall–Kier alpha value is -2.92. The van der Waals surface area contributed by atoms with Crippen LogP contribution in [-0.2, 0) is 9.59 Å². The maximum absolute atomic E-state index is 11.7. The van der Waals surface area contributed by atoms with Gasteiger partial charge in [-0.05, 0) is 23.7 Å². The summed E-state index contributed by atoms with van der Waals surface area (Å²) in [6.07, 6.45) is 9.43. The number of esters is 2. The highest BCUT2D eigenvalue weighted by Gasteiger charge is 2.12. The molecule has 0 unspecified atom stereocenters. The fourth-order valence-electron chi connectivity index (χ4n) is 1.67. The third-order valence-corrected chi connectivity index (χ3v) is 2.90. The van der Waals surface area contributed by atoms with Crippen molar-refractivity contribution in [2.45, 2.75) is 12.8 Å². The molecule has 0 aliphatic heterocycles. The zero-order valence-electron chi connectivity index (χ0n) is 13.4. The Labute approximate surface area is 150 Å². The lowest BCUT2D eigenvalue weighted by atomic mass is 10.2. The number of halogens is 1. The predicted molar refractivity (Wildman–Crippen MR) is 95.8 cm³/mol. The Kier molecular flexibility index (Phi) is 8.68.